The zero-order valence-corrected chi connectivity index (χ0v) is 20.4. The van der Waals surface area contributed by atoms with Gasteiger partial charge in [0.25, 0.3) is 5.91 Å². The number of ether oxygens (including phenoxy) is 1. The fourth-order valence-electron chi connectivity index (χ4n) is 3.97. The Labute approximate surface area is 195 Å². The highest BCUT2D eigenvalue weighted by atomic mass is 32.2. The number of carbonyl (C=O) groups is 2. The Morgan fingerprint density at radius 2 is 1.48 bits per heavy atom. The van der Waals surface area contributed by atoms with E-state index in [1.807, 2.05) is 32.0 Å². The Morgan fingerprint density at radius 3 is 2.00 bits per heavy atom. The first kappa shape index (κ1) is 24.6. The molecule has 1 heterocycles. The van der Waals surface area contributed by atoms with Gasteiger partial charge >= 0.3 is 6.09 Å². The van der Waals surface area contributed by atoms with Crippen LogP contribution in [0.5, 0.6) is 0 Å². The fraction of sp³-hybridized carbons (Fsp3) is 0.417. The minimum atomic E-state index is -3.51. The summed E-state index contributed by atoms with van der Waals surface area (Å²) >= 11 is 0. The lowest BCUT2D eigenvalue weighted by molar-refractivity contribution is 0.0570. The van der Waals surface area contributed by atoms with Gasteiger partial charge in [0, 0.05) is 31.7 Å². The molecule has 33 heavy (non-hydrogen) atoms. The zero-order chi connectivity index (χ0) is 24.2. The van der Waals surface area contributed by atoms with Crippen LogP contribution in [-0.4, -0.2) is 69.3 Å². The van der Waals surface area contributed by atoms with Crippen LogP contribution in [0.15, 0.2) is 42.5 Å². The van der Waals surface area contributed by atoms with E-state index >= 15 is 0 Å². The summed E-state index contributed by atoms with van der Waals surface area (Å²) in [7, 11) is -3.51. The van der Waals surface area contributed by atoms with Crippen LogP contribution in [0, 0.1) is 13.8 Å². The molecule has 2 amide bonds. The van der Waals surface area contributed by atoms with Gasteiger partial charge in [0.15, 0.2) is 0 Å². The van der Waals surface area contributed by atoms with Gasteiger partial charge in [-0.1, -0.05) is 30.3 Å². The maximum absolute atomic E-state index is 12.9. The molecule has 0 N–H and O–H groups in total. The molecule has 0 radical (unpaired) electrons. The van der Waals surface area contributed by atoms with E-state index in [4.69, 9.17) is 4.74 Å². The number of benzene rings is 2. The fourth-order valence-corrected chi connectivity index (χ4v) is 4.97. The van der Waals surface area contributed by atoms with Crippen molar-refractivity contribution in [3.05, 3.63) is 64.7 Å². The lowest BCUT2D eigenvalue weighted by atomic mass is 10.1. The number of piperazine rings is 1. The molecule has 1 saturated heterocycles. The highest BCUT2D eigenvalue weighted by Gasteiger charge is 2.26. The molecule has 0 atom stereocenters. The predicted octanol–water partition coefficient (Wildman–Crippen LogP) is 3.18. The van der Waals surface area contributed by atoms with E-state index in [1.165, 1.54) is 10.6 Å². The molecule has 8 nitrogen and oxygen atoms in total. The molecule has 9 heteroatoms. The van der Waals surface area contributed by atoms with Gasteiger partial charge in [0.05, 0.1) is 25.1 Å². The Hall–Kier alpha value is -3.07. The average Bonchev–Trinajstić information content (AvgIpc) is 2.78. The third-order valence-electron chi connectivity index (χ3n) is 5.71. The monoisotopic (exact) mass is 473 g/mol. The quantitative estimate of drug-likeness (QED) is 0.643. The van der Waals surface area contributed by atoms with Gasteiger partial charge < -0.3 is 14.5 Å². The second-order valence-electron chi connectivity index (χ2n) is 8.19. The highest BCUT2D eigenvalue weighted by Crippen LogP contribution is 2.28. The molecule has 0 saturated carbocycles. The van der Waals surface area contributed by atoms with Crippen molar-refractivity contribution in [3.63, 3.8) is 0 Å². The van der Waals surface area contributed by atoms with E-state index < -0.39 is 10.0 Å². The van der Waals surface area contributed by atoms with Gasteiger partial charge in [-0.05, 0) is 49.6 Å². The second-order valence-corrected chi connectivity index (χ2v) is 10.1. The minimum Gasteiger partial charge on any atom is -0.450 e. The Kier molecular flexibility index (Phi) is 7.63. The van der Waals surface area contributed by atoms with Gasteiger partial charge in [0.1, 0.15) is 0 Å². The number of hydrogen-bond acceptors (Lipinski definition) is 5. The highest BCUT2D eigenvalue weighted by molar-refractivity contribution is 7.92. The number of para-hydroxylation sites is 1. The summed E-state index contributed by atoms with van der Waals surface area (Å²) in [6.45, 7) is 7.79. The minimum absolute atomic E-state index is 0.111. The van der Waals surface area contributed by atoms with Crippen molar-refractivity contribution in [2.24, 2.45) is 0 Å². The molecule has 0 aliphatic carbocycles. The van der Waals surface area contributed by atoms with Crippen molar-refractivity contribution < 1.29 is 22.7 Å². The zero-order valence-electron chi connectivity index (χ0n) is 19.6. The topological polar surface area (TPSA) is 87.2 Å². The number of anilines is 1. The number of amides is 2. The maximum atomic E-state index is 12.9. The summed E-state index contributed by atoms with van der Waals surface area (Å²) in [5.74, 6) is -0.111. The van der Waals surface area contributed by atoms with Crippen LogP contribution in [0.3, 0.4) is 0 Å². The SMILES string of the molecule is CCOC(=O)N1CCN(C(=O)c2ccc(CN(c3c(C)cccc3C)S(C)(=O)=O)cc2)CC1. The standard InChI is InChI=1S/C24H31N3O5S/c1-5-32-24(29)26-15-13-25(14-16-26)23(28)21-11-9-20(10-12-21)17-27(33(4,30)31)22-18(2)7-6-8-19(22)3/h6-12H,5,13-17H2,1-4H3. The van der Waals surface area contributed by atoms with Gasteiger partial charge in [-0.25, -0.2) is 13.2 Å². The van der Waals surface area contributed by atoms with E-state index in [9.17, 15) is 18.0 Å². The molecule has 178 valence electrons. The van der Waals surface area contributed by atoms with Gasteiger partial charge in [-0.3, -0.25) is 9.10 Å². The molecule has 0 spiro atoms. The summed E-state index contributed by atoms with van der Waals surface area (Å²) in [4.78, 5) is 28.0. The maximum Gasteiger partial charge on any atom is 0.409 e. The summed E-state index contributed by atoms with van der Waals surface area (Å²) in [5.41, 5.74) is 3.76. The Balaban J connectivity index is 1.71. The van der Waals surface area contributed by atoms with Gasteiger partial charge in [-0.15, -0.1) is 0 Å². The molecule has 3 rings (SSSR count). The summed E-state index contributed by atoms with van der Waals surface area (Å²) < 4.78 is 31.6. The molecular weight excluding hydrogens is 442 g/mol. The summed E-state index contributed by atoms with van der Waals surface area (Å²) in [6.07, 6.45) is 0.848. The van der Waals surface area contributed by atoms with Gasteiger partial charge in [-0.2, -0.15) is 0 Å². The average molecular weight is 474 g/mol. The van der Waals surface area contributed by atoms with E-state index in [-0.39, 0.29) is 18.5 Å². The number of aryl methyl sites for hydroxylation is 2. The Morgan fingerprint density at radius 1 is 0.939 bits per heavy atom. The van der Waals surface area contributed by atoms with E-state index in [0.717, 1.165) is 16.7 Å². The van der Waals surface area contributed by atoms with E-state index in [2.05, 4.69) is 0 Å². The predicted molar refractivity (Wildman–Crippen MR) is 128 cm³/mol. The van der Waals surface area contributed by atoms with Crippen molar-refractivity contribution in [1.82, 2.24) is 9.80 Å². The molecular formula is C24H31N3O5S. The first-order chi connectivity index (χ1) is 15.6. The first-order valence-electron chi connectivity index (χ1n) is 11.0. The third kappa shape index (κ3) is 5.84. The molecule has 1 aliphatic rings. The lowest BCUT2D eigenvalue weighted by Crippen LogP contribution is -2.50. The van der Waals surface area contributed by atoms with E-state index in [1.54, 1.807) is 41.0 Å². The number of carbonyl (C=O) groups excluding carboxylic acids is 2. The number of hydrogen-bond donors (Lipinski definition) is 0. The molecule has 0 aromatic heterocycles. The van der Waals surface area contributed by atoms with Crippen molar-refractivity contribution in [2.45, 2.75) is 27.3 Å². The van der Waals surface area contributed by atoms with Crippen LogP contribution >= 0.6 is 0 Å². The van der Waals surface area contributed by atoms with Crippen LogP contribution in [0.4, 0.5) is 10.5 Å². The van der Waals surface area contributed by atoms with E-state index in [0.29, 0.717) is 44.0 Å². The van der Waals surface area contributed by atoms with Crippen LogP contribution < -0.4 is 4.31 Å². The lowest BCUT2D eigenvalue weighted by Gasteiger charge is -2.34. The largest absolute Gasteiger partial charge is 0.450 e. The van der Waals surface area contributed by atoms with Crippen LogP contribution in [0.2, 0.25) is 0 Å². The number of nitrogens with zero attached hydrogens (tertiary/aromatic N) is 3. The van der Waals surface area contributed by atoms with Crippen molar-refractivity contribution in [1.29, 1.82) is 0 Å². The smallest absolute Gasteiger partial charge is 0.409 e. The van der Waals surface area contributed by atoms with Crippen molar-refractivity contribution in [2.75, 3.05) is 43.3 Å². The first-order valence-corrected chi connectivity index (χ1v) is 12.8. The van der Waals surface area contributed by atoms with Gasteiger partial charge in [0.2, 0.25) is 10.0 Å². The molecule has 1 fully saturated rings. The number of sulfonamides is 1. The summed E-state index contributed by atoms with van der Waals surface area (Å²) in [6, 6.07) is 12.7. The summed E-state index contributed by atoms with van der Waals surface area (Å²) in [5, 5.41) is 0. The molecule has 0 bridgehead atoms. The number of rotatable bonds is 6. The Bertz CT molecular complexity index is 1090. The van der Waals surface area contributed by atoms with Crippen LogP contribution in [0.1, 0.15) is 34.0 Å². The van der Waals surface area contributed by atoms with Crippen molar-refractivity contribution in [3.8, 4) is 0 Å². The molecule has 0 unspecified atom stereocenters. The second kappa shape index (κ2) is 10.2. The normalized spacial score (nSPS) is 14.2. The molecule has 1 aliphatic heterocycles. The molecule has 2 aromatic rings. The van der Waals surface area contributed by atoms with Crippen LogP contribution in [0.25, 0.3) is 0 Å². The van der Waals surface area contributed by atoms with Crippen LogP contribution in [-0.2, 0) is 21.3 Å². The van der Waals surface area contributed by atoms with Crippen molar-refractivity contribution >= 4 is 27.7 Å². The molecule has 2 aromatic carbocycles. The third-order valence-corrected chi connectivity index (χ3v) is 6.82.